The highest BCUT2D eigenvalue weighted by Crippen LogP contribution is 2.38. The molecule has 2 aromatic rings. The molecule has 2 aromatic carbocycles. The van der Waals surface area contributed by atoms with Crippen molar-refractivity contribution in [1.82, 2.24) is 14.7 Å². The van der Waals surface area contributed by atoms with Crippen LogP contribution in [0, 0.1) is 6.92 Å². The van der Waals surface area contributed by atoms with E-state index in [2.05, 4.69) is 116 Å². The highest BCUT2D eigenvalue weighted by molar-refractivity contribution is 7.80. The number of hydrogen-bond acceptors (Lipinski definition) is 4. The summed E-state index contributed by atoms with van der Waals surface area (Å²) >= 11 is 4.40. The topological polar surface area (TPSA) is 9.72 Å². The summed E-state index contributed by atoms with van der Waals surface area (Å²) in [6, 6.07) is 18.9. The van der Waals surface area contributed by atoms with Gasteiger partial charge in [0.1, 0.15) is 5.82 Å². The zero-order chi connectivity index (χ0) is 22.5. The zero-order valence-electron chi connectivity index (χ0n) is 18.9. The van der Waals surface area contributed by atoms with Crippen LogP contribution >= 0.6 is 12.6 Å². The van der Waals surface area contributed by atoms with E-state index in [1.807, 2.05) is 6.07 Å². The Hall–Kier alpha value is -2.85. The van der Waals surface area contributed by atoms with Gasteiger partial charge in [0.25, 0.3) is 0 Å². The van der Waals surface area contributed by atoms with E-state index in [1.165, 1.54) is 11.1 Å². The third-order valence-corrected chi connectivity index (χ3v) is 6.24. The van der Waals surface area contributed by atoms with Gasteiger partial charge in [0.15, 0.2) is 0 Å². The number of hydrogen-bond donors (Lipinski definition) is 1. The standard InChI is InChI=1S/C27H33N3S/c1-20-13-10-11-16-26(20)21(2)30(19-25-14-8-7-9-15-25)27-22(3)28(6)24(5)29(23(27)4)17-12-18-31/h7-11,13-16,31H,2,4-5,12,17-19H2,1,3,6H3. The number of rotatable bonds is 8. The first-order valence-corrected chi connectivity index (χ1v) is 11.3. The number of benzene rings is 2. The fourth-order valence-corrected chi connectivity index (χ4v) is 4.13. The van der Waals surface area contributed by atoms with E-state index in [-0.39, 0.29) is 0 Å². The minimum atomic E-state index is 0.709. The maximum Gasteiger partial charge on any atom is 0.105 e. The summed E-state index contributed by atoms with van der Waals surface area (Å²) in [6.07, 6.45) is 0.957. The lowest BCUT2D eigenvalue weighted by atomic mass is 10.0. The van der Waals surface area contributed by atoms with Gasteiger partial charge in [-0.25, -0.2) is 0 Å². The average molecular weight is 432 g/mol. The summed E-state index contributed by atoms with van der Waals surface area (Å²) in [5.41, 5.74) is 7.67. The van der Waals surface area contributed by atoms with Crippen molar-refractivity contribution < 1.29 is 0 Å². The molecule has 1 aliphatic rings. The van der Waals surface area contributed by atoms with Crippen LogP contribution in [-0.4, -0.2) is 34.0 Å². The molecule has 0 fully saturated rings. The molecular weight excluding hydrogens is 398 g/mol. The van der Waals surface area contributed by atoms with Crippen molar-refractivity contribution in [2.45, 2.75) is 26.8 Å². The maximum atomic E-state index is 4.54. The van der Waals surface area contributed by atoms with Gasteiger partial charge >= 0.3 is 0 Å². The van der Waals surface area contributed by atoms with E-state index in [0.717, 1.165) is 52.9 Å². The smallest absolute Gasteiger partial charge is 0.105 e. The van der Waals surface area contributed by atoms with Gasteiger partial charge in [0.2, 0.25) is 0 Å². The van der Waals surface area contributed by atoms with E-state index in [1.54, 1.807) is 0 Å². The second kappa shape index (κ2) is 9.97. The Bertz CT molecular complexity index is 1010. The van der Waals surface area contributed by atoms with Gasteiger partial charge in [-0.1, -0.05) is 74.3 Å². The van der Waals surface area contributed by atoms with Crippen LogP contribution in [0.4, 0.5) is 0 Å². The molecular formula is C27H33N3S. The molecule has 0 radical (unpaired) electrons. The first-order chi connectivity index (χ1) is 14.9. The minimum absolute atomic E-state index is 0.709. The Morgan fingerprint density at radius 3 is 2.29 bits per heavy atom. The number of thiol groups is 1. The lowest BCUT2D eigenvalue weighted by Crippen LogP contribution is -2.41. The van der Waals surface area contributed by atoms with Gasteiger partial charge in [0, 0.05) is 37.1 Å². The molecule has 0 unspecified atom stereocenters. The van der Waals surface area contributed by atoms with Crippen LogP contribution in [0.2, 0.25) is 0 Å². The van der Waals surface area contributed by atoms with Crippen LogP contribution in [0.15, 0.2) is 97.2 Å². The van der Waals surface area contributed by atoms with Crippen molar-refractivity contribution in [1.29, 1.82) is 0 Å². The van der Waals surface area contributed by atoms with Crippen molar-refractivity contribution in [3.05, 3.63) is 114 Å². The minimum Gasteiger partial charge on any atom is -0.334 e. The lowest BCUT2D eigenvalue weighted by molar-refractivity contribution is 0.270. The van der Waals surface area contributed by atoms with Crippen molar-refractivity contribution >= 4 is 18.3 Å². The second-order valence-electron chi connectivity index (χ2n) is 7.92. The first-order valence-electron chi connectivity index (χ1n) is 10.6. The molecule has 31 heavy (non-hydrogen) atoms. The maximum absolute atomic E-state index is 4.54. The molecule has 0 saturated heterocycles. The van der Waals surface area contributed by atoms with Crippen LogP contribution in [0.1, 0.15) is 30.0 Å². The van der Waals surface area contributed by atoms with Gasteiger partial charge in [-0.3, -0.25) is 0 Å². The summed E-state index contributed by atoms with van der Waals surface area (Å²) in [5.74, 6) is 1.76. The summed E-state index contributed by atoms with van der Waals surface area (Å²) < 4.78 is 0. The van der Waals surface area contributed by atoms with Gasteiger partial charge < -0.3 is 14.7 Å². The van der Waals surface area contributed by atoms with Gasteiger partial charge in [0.05, 0.1) is 11.4 Å². The van der Waals surface area contributed by atoms with Crippen molar-refractivity contribution in [2.24, 2.45) is 0 Å². The normalized spacial score (nSPS) is 14.3. The quantitative estimate of drug-likeness (QED) is 0.495. The molecule has 0 aliphatic carbocycles. The van der Waals surface area contributed by atoms with E-state index >= 15 is 0 Å². The molecule has 162 valence electrons. The van der Waals surface area contributed by atoms with Crippen LogP contribution in [0.25, 0.3) is 5.70 Å². The fraction of sp³-hybridized carbons (Fsp3) is 0.259. The Kier molecular flexibility index (Phi) is 7.34. The van der Waals surface area contributed by atoms with Crippen LogP contribution in [0.3, 0.4) is 0 Å². The van der Waals surface area contributed by atoms with Gasteiger partial charge in [-0.05, 0) is 37.1 Å². The van der Waals surface area contributed by atoms with Crippen LogP contribution in [-0.2, 0) is 6.54 Å². The highest BCUT2D eigenvalue weighted by Gasteiger charge is 2.31. The Morgan fingerprint density at radius 2 is 1.65 bits per heavy atom. The van der Waals surface area contributed by atoms with Gasteiger partial charge in [-0.2, -0.15) is 12.6 Å². The molecule has 3 rings (SSSR count). The van der Waals surface area contributed by atoms with Crippen molar-refractivity contribution in [3.8, 4) is 0 Å². The van der Waals surface area contributed by atoms with E-state index in [9.17, 15) is 0 Å². The number of aryl methyl sites for hydroxylation is 1. The van der Waals surface area contributed by atoms with Crippen molar-refractivity contribution in [2.75, 3.05) is 19.3 Å². The fourth-order valence-electron chi connectivity index (χ4n) is 3.99. The average Bonchev–Trinajstić information content (AvgIpc) is 2.77. The number of nitrogens with zero attached hydrogens (tertiary/aromatic N) is 3. The molecule has 4 heteroatoms. The molecule has 0 spiro atoms. The highest BCUT2D eigenvalue weighted by atomic mass is 32.1. The molecule has 0 saturated carbocycles. The molecule has 0 aromatic heterocycles. The first kappa shape index (κ1) is 22.8. The SMILES string of the molecule is C=C1C(N(Cc2ccccc2)C(=C)c2ccccc2C)=C(C)N(C)C(=C)N1CCCS. The molecule has 1 heterocycles. The Morgan fingerprint density at radius 1 is 1.00 bits per heavy atom. The third kappa shape index (κ3) is 4.75. The third-order valence-electron chi connectivity index (χ3n) is 5.92. The molecule has 0 amide bonds. The molecule has 1 aliphatic heterocycles. The largest absolute Gasteiger partial charge is 0.334 e. The summed E-state index contributed by atoms with van der Waals surface area (Å²) in [4.78, 5) is 6.64. The van der Waals surface area contributed by atoms with Crippen molar-refractivity contribution in [3.63, 3.8) is 0 Å². The van der Waals surface area contributed by atoms with Crippen LogP contribution < -0.4 is 0 Å². The van der Waals surface area contributed by atoms with Crippen LogP contribution in [0.5, 0.6) is 0 Å². The molecule has 3 nitrogen and oxygen atoms in total. The molecule has 0 atom stereocenters. The number of allylic oxidation sites excluding steroid dienone is 1. The van der Waals surface area contributed by atoms with E-state index in [0.29, 0.717) is 6.54 Å². The molecule has 0 N–H and O–H groups in total. The summed E-state index contributed by atoms with van der Waals surface area (Å²) in [6.45, 7) is 19.2. The summed E-state index contributed by atoms with van der Waals surface area (Å²) in [7, 11) is 2.06. The summed E-state index contributed by atoms with van der Waals surface area (Å²) in [5, 5.41) is 0. The van der Waals surface area contributed by atoms with Gasteiger partial charge in [-0.15, -0.1) is 0 Å². The van der Waals surface area contributed by atoms with E-state index in [4.69, 9.17) is 0 Å². The lowest BCUT2D eigenvalue weighted by Gasteiger charge is -2.45. The predicted octanol–water partition coefficient (Wildman–Crippen LogP) is 6.25. The van der Waals surface area contributed by atoms with E-state index < -0.39 is 0 Å². The monoisotopic (exact) mass is 431 g/mol. The zero-order valence-corrected chi connectivity index (χ0v) is 19.8. The Balaban J connectivity index is 2.10. The Labute approximate surface area is 193 Å². The second-order valence-corrected chi connectivity index (χ2v) is 8.37. The predicted molar refractivity (Wildman–Crippen MR) is 136 cm³/mol. The molecule has 0 bridgehead atoms.